The van der Waals surface area contributed by atoms with Crippen LogP contribution in [-0.4, -0.2) is 5.78 Å². The van der Waals surface area contributed by atoms with E-state index in [4.69, 9.17) is 4.74 Å². The maximum Gasteiger partial charge on any atom is 0.168 e. The SMILES string of the molecule is CC1(C)C(=O)C=CO[C@]1(C)c1ccccc1. The van der Waals surface area contributed by atoms with Crippen molar-refractivity contribution in [3.8, 4) is 0 Å². The van der Waals surface area contributed by atoms with E-state index < -0.39 is 11.0 Å². The fraction of sp³-hybridized carbons (Fsp3) is 0.357. The molecule has 1 aliphatic heterocycles. The highest BCUT2D eigenvalue weighted by atomic mass is 16.5. The van der Waals surface area contributed by atoms with E-state index in [0.29, 0.717) is 0 Å². The maximum absolute atomic E-state index is 11.9. The van der Waals surface area contributed by atoms with E-state index in [1.54, 1.807) is 0 Å². The summed E-state index contributed by atoms with van der Waals surface area (Å²) in [6.07, 6.45) is 3.01. The predicted molar refractivity (Wildman–Crippen MR) is 62.8 cm³/mol. The fourth-order valence-electron chi connectivity index (χ4n) is 2.01. The monoisotopic (exact) mass is 216 g/mol. The Bertz CT molecular complexity index is 431. The molecule has 1 atom stereocenters. The molecule has 0 amide bonds. The number of hydrogen-bond donors (Lipinski definition) is 0. The molecule has 0 bridgehead atoms. The molecule has 2 heteroatoms. The van der Waals surface area contributed by atoms with Gasteiger partial charge in [-0.25, -0.2) is 0 Å². The molecular formula is C14H16O2. The van der Waals surface area contributed by atoms with Gasteiger partial charge in [0, 0.05) is 6.08 Å². The van der Waals surface area contributed by atoms with Crippen LogP contribution in [0.25, 0.3) is 0 Å². The first kappa shape index (κ1) is 10.9. The lowest BCUT2D eigenvalue weighted by molar-refractivity contribution is -0.144. The smallest absolute Gasteiger partial charge is 0.168 e. The zero-order chi connectivity index (χ0) is 11.8. The Kier molecular flexibility index (Phi) is 2.38. The number of benzene rings is 1. The second kappa shape index (κ2) is 3.48. The minimum absolute atomic E-state index is 0.102. The topological polar surface area (TPSA) is 26.3 Å². The highest BCUT2D eigenvalue weighted by Gasteiger charge is 2.50. The van der Waals surface area contributed by atoms with Crippen molar-refractivity contribution < 1.29 is 9.53 Å². The molecule has 2 rings (SSSR count). The van der Waals surface area contributed by atoms with E-state index in [1.165, 1.54) is 12.3 Å². The minimum atomic E-state index is -0.597. The van der Waals surface area contributed by atoms with Crippen LogP contribution in [0.4, 0.5) is 0 Å². The molecule has 1 aromatic carbocycles. The summed E-state index contributed by atoms with van der Waals surface area (Å²) < 4.78 is 5.74. The molecule has 0 spiro atoms. The summed E-state index contributed by atoms with van der Waals surface area (Å²) >= 11 is 0. The average molecular weight is 216 g/mol. The summed E-state index contributed by atoms with van der Waals surface area (Å²) in [5, 5.41) is 0. The predicted octanol–water partition coefficient (Wildman–Crippen LogP) is 3.04. The largest absolute Gasteiger partial charge is 0.489 e. The van der Waals surface area contributed by atoms with Crippen molar-refractivity contribution in [2.24, 2.45) is 5.41 Å². The van der Waals surface area contributed by atoms with Crippen molar-refractivity contribution in [3.05, 3.63) is 48.2 Å². The van der Waals surface area contributed by atoms with E-state index in [9.17, 15) is 4.79 Å². The van der Waals surface area contributed by atoms with Crippen LogP contribution in [0.5, 0.6) is 0 Å². The summed E-state index contributed by atoms with van der Waals surface area (Å²) in [4.78, 5) is 11.9. The van der Waals surface area contributed by atoms with E-state index in [2.05, 4.69) is 0 Å². The van der Waals surface area contributed by atoms with Gasteiger partial charge in [-0.05, 0) is 26.3 Å². The van der Waals surface area contributed by atoms with Gasteiger partial charge in [0.25, 0.3) is 0 Å². The summed E-state index contributed by atoms with van der Waals surface area (Å²) in [6, 6.07) is 9.87. The molecule has 0 radical (unpaired) electrons. The van der Waals surface area contributed by atoms with Crippen LogP contribution < -0.4 is 0 Å². The molecule has 1 aromatic rings. The number of ketones is 1. The summed E-state index contributed by atoms with van der Waals surface area (Å²) in [6.45, 7) is 5.81. The van der Waals surface area contributed by atoms with Gasteiger partial charge in [0.05, 0.1) is 11.7 Å². The Morgan fingerprint density at radius 3 is 2.31 bits per heavy atom. The summed E-state index contributed by atoms with van der Waals surface area (Å²) in [7, 11) is 0. The van der Waals surface area contributed by atoms with Gasteiger partial charge in [0.15, 0.2) is 5.78 Å². The number of carbonyl (C=O) groups excluding carboxylic acids is 1. The average Bonchev–Trinajstić information content (AvgIpc) is 2.28. The Hall–Kier alpha value is -1.57. The lowest BCUT2D eigenvalue weighted by Crippen LogP contribution is -2.47. The van der Waals surface area contributed by atoms with Gasteiger partial charge in [-0.1, -0.05) is 30.3 Å². The van der Waals surface area contributed by atoms with Crippen molar-refractivity contribution >= 4 is 5.78 Å². The molecule has 0 saturated carbocycles. The normalized spacial score (nSPS) is 27.6. The molecule has 0 aliphatic carbocycles. The highest BCUT2D eigenvalue weighted by molar-refractivity contribution is 5.95. The van der Waals surface area contributed by atoms with Crippen LogP contribution in [0.1, 0.15) is 26.3 Å². The molecule has 84 valence electrons. The zero-order valence-electron chi connectivity index (χ0n) is 9.86. The Balaban J connectivity index is 2.54. The van der Waals surface area contributed by atoms with Gasteiger partial charge in [-0.2, -0.15) is 0 Å². The molecule has 0 saturated heterocycles. The third kappa shape index (κ3) is 1.37. The molecule has 1 aliphatic rings. The summed E-state index contributed by atoms with van der Waals surface area (Å²) in [5.74, 6) is 0.102. The first-order chi connectivity index (χ1) is 7.48. The van der Waals surface area contributed by atoms with Gasteiger partial charge in [0.2, 0.25) is 0 Å². The second-order valence-electron chi connectivity index (χ2n) is 4.81. The van der Waals surface area contributed by atoms with Crippen LogP contribution in [0.2, 0.25) is 0 Å². The quantitative estimate of drug-likeness (QED) is 0.721. The van der Waals surface area contributed by atoms with E-state index in [1.807, 2.05) is 51.1 Å². The second-order valence-corrected chi connectivity index (χ2v) is 4.81. The van der Waals surface area contributed by atoms with Gasteiger partial charge in [-0.3, -0.25) is 4.79 Å². The van der Waals surface area contributed by atoms with Crippen molar-refractivity contribution in [2.45, 2.75) is 26.4 Å². The number of ether oxygens (including phenoxy) is 1. The molecule has 2 nitrogen and oxygen atoms in total. The van der Waals surface area contributed by atoms with Gasteiger partial charge >= 0.3 is 0 Å². The Labute approximate surface area is 95.9 Å². The van der Waals surface area contributed by atoms with Crippen molar-refractivity contribution in [1.82, 2.24) is 0 Å². The van der Waals surface area contributed by atoms with Crippen molar-refractivity contribution in [2.75, 3.05) is 0 Å². The standard InChI is InChI=1S/C14H16O2/c1-13(2)12(15)9-10-16-14(13,3)11-7-5-4-6-8-11/h4-10H,1-3H3/t14-/m1/s1. The minimum Gasteiger partial charge on any atom is -0.489 e. The lowest BCUT2D eigenvalue weighted by Gasteiger charge is -2.44. The first-order valence-electron chi connectivity index (χ1n) is 5.43. The molecule has 0 unspecified atom stereocenters. The van der Waals surface area contributed by atoms with Crippen LogP contribution in [0.3, 0.4) is 0 Å². The van der Waals surface area contributed by atoms with E-state index in [-0.39, 0.29) is 5.78 Å². The number of carbonyl (C=O) groups is 1. The number of rotatable bonds is 1. The van der Waals surface area contributed by atoms with Crippen LogP contribution >= 0.6 is 0 Å². The molecule has 0 aromatic heterocycles. The molecule has 0 N–H and O–H groups in total. The third-order valence-corrected chi connectivity index (χ3v) is 3.66. The molecular weight excluding hydrogens is 200 g/mol. The Morgan fingerprint density at radius 2 is 1.69 bits per heavy atom. The van der Waals surface area contributed by atoms with Crippen molar-refractivity contribution in [1.29, 1.82) is 0 Å². The molecule has 1 heterocycles. The van der Waals surface area contributed by atoms with Crippen LogP contribution in [-0.2, 0) is 15.1 Å². The first-order valence-corrected chi connectivity index (χ1v) is 5.43. The maximum atomic E-state index is 11.9. The van der Waals surface area contributed by atoms with Crippen molar-refractivity contribution in [3.63, 3.8) is 0 Å². The lowest BCUT2D eigenvalue weighted by atomic mass is 9.68. The molecule has 0 fully saturated rings. The van der Waals surface area contributed by atoms with E-state index >= 15 is 0 Å². The zero-order valence-corrected chi connectivity index (χ0v) is 9.86. The highest BCUT2D eigenvalue weighted by Crippen LogP contribution is 2.45. The third-order valence-electron chi connectivity index (χ3n) is 3.66. The number of hydrogen-bond acceptors (Lipinski definition) is 2. The number of allylic oxidation sites excluding steroid dienone is 1. The van der Waals surface area contributed by atoms with Gasteiger partial charge < -0.3 is 4.74 Å². The summed E-state index contributed by atoms with van der Waals surface area (Å²) in [5.41, 5.74) is -0.124. The van der Waals surface area contributed by atoms with Gasteiger partial charge in [0.1, 0.15) is 5.60 Å². The van der Waals surface area contributed by atoms with Crippen LogP contribution in [0, 0.1) is 5.41 Å². The van der Waals surface area contributed by atoms with Crippen LogP contribution in [0.15, 0.2) is 42.7 Å². The fourth-order valence-corrected chi connectivity index (χ4v) is 2.01. The molecule has 16 heavy (non-hydrogen) atoms. The van der Waals surface area contributed by atoms with Gasteiger partial charge in [-0.15, -0.1) is 0 Å². The van der Waals surface area contributed by atoms with E-state index in [0.717, 1.165) is 5.56 Å². The Morgan fingerprint density at radius 1 is 1.06 bits per heavy atom.